The van der Waals surface area contributed by atoms with Crippen LogP contribution in [-0.2, 0) is 25.7 Å². The molecule has 3 atom stereocenters. The molecular formula is C22H26F3N5O3S. The van der Waals surface area contributed by atoms with Gasteiger partial charge in [-0.3, -0.25) is 13.9 Å². The van der Waals surface area contributed by atoms with E-state index in [1.54, 1.807) is 17.8 Å². The fraction of sp³-hybridized carbons (Fsp3) is 0.636. The van der Waals surface area contributed by atoms with Gasteiger partial charge in [0.15, 0.2) is 11.2 Å². The molecule has 0 aliphatic heterocycles. The molecule has 2 aliphatic carbocycles. The van der Waals surface area contributed by atoms with Gasteiger partial charge in [0.25, 0.3) is 5.56 Å². The summed E-state index contributed by atoms with van der Waals surface area (Å²) in [5.41, 5.74) is -3.58. The first kappa shape index (κ1) is 23.3. The number of nitrogens with zero attached hydrogens (tertiary/aromatic N) is 5. The average molecular weight is 498 g/mol. The molecule has 3 aromatic rings. The molecular weight excluding hydrogens is 471 g/mol. The molecule has 3 unspecified atom stereocenters. The van der Waals surface area contributed by atoms with Gasteiger partial charge in [0.05, 0.1) is 18.6 Å². The molecule has 2 aliphatic rings. The Morgan fingerprint density at radius 1 is 1.26 bits per heavy atom. The number of aromatic nitrogens is 5. The maximum absolute atomic E-state index is 13.4. The molecule has 2 fully saturated rings. The molecule has 0 bridgehead atoms. The first-order chi connectivity index (χ1) is 15.9. The van der Waals surface area contributed by atoms with Crippen LogP contribution in [-0.4, -0.2) is 35.0 Å². The van der Waals surface area contributed by atoms with E-state index >= 15 is 0 Å². The standard InChI is InChI=1S/C22H26F3N5O3S/c1-11-15(27-19(34-11)21(2,33)22(23,24)25)9-30-18(31)16-17(28(3)20(30)32)26-10-29(16)8-13-7-14(13)12-5-4-6-12/h10,12-14,33H,4-9H2,1-3H3. The van der Waals surface area contributed by atoms with Crippen molar-refractivity contribution in [2.45, 2.75) is 64.4 Å². The van der Waals surface area contributed by atoms with Crippen molar-refractivity contribution in [1.82, 2.24) is 23.7 Å². The Morgan fingerprint density at radius 2 is 1.97 bits per heavy atom. The van der Waals surface area contributed by atoms with Crippen molar-refractivity contribution in [3.8, 4) is 0 Å². The van der Waals surface area contributed by atoms with Gasteiger partial charge in [-0.2, -0.15) is 13.2 Å². The number of halogens is 3. The minimum absolute atomic E-state index is 0.140. The van der Waals surface area contributed by atoms with Crippen molar-refractivity contribution in [3.05, 3.63) is 42.7 Å². The Labute approximate surface area is 196 Å². The fourth-order valence-electron chi connectivity index (χ4n) is 4.83. The Bertz CT molecular complexity index is 1380. The summed E-state index contributed by atoms with van der Waals surface area (Å²) in [5.74, 6) is 1.94. The number of thiazole rings is 1. The van der Waals surface area contributed by atoms with Gasteiger partial charge in [0.1, 0.15) is 5.01 Å². The minimum Gasteiger partial charge on any atom is -0.375 e. The highest BCUT2D eigenvalue weighted by Gasteiger charge is 2.53. The van der Waals surface area contributed by atoms with Crippen molar-refractivity contribution in [1.29, 1.82) is 0 Å². The Balaban J connectivity index is 1.50. The Kier molecular flexibility index (Phi) is 5.32. The number of imidazole rings is 1. The van der Waals surface area contributed by atoms with Crippen molar-refractivity contribution < 1.29 is 18.3 Å². The molecule has 0 saturated heterocycles. The highest BCUT2D eigenvalue weighted by atomic mass is 32.1. The van der Waals surface area contributed by atoms with Crippen LogP contribution in [0.25, 0.3) is 11.2 Å². The summed E-state index contributed by atoms with van der Waals surface area (Å²) in [6.07, 6.45) is 1.62. The maximum Gasteiger partial charge on any atom is 0.423 e. The Hall–Kier alpha value is -2.47. The number of alkyl halides is 3. The van der Waals surface area contributed by atoms with Crippen LogP contribution >= 0.6 is 11.3 Å². The molecule has 34 heavy (non-hydrogen) atoms. The number of aryl methyl sites for hydroxylation is 2. The third-order valence-electron chi connectivity index (χ3n) is 7.43. The van der Waals surface area contributed by atoms with E-state index in [-0.39, 0.29) is 17.9 Å². The molecule has 3 aromatic heterocycles. The van der Waals surface area contributed by atoms with E-state index in [1.165, 1.54) is 30.9 Å². The van der Waals surface area contributed by atoms with Crippen LogP contribution < -0.4 is 11.2 Å². The molecule has 2 saturated carbocycles. The SMILES string of the molecule is Cc1sc(C(C)(O)C(F)(F)F)nc1Cn1c(=O)c2c(ncn2CC2CC2C2CCC2)n(C)c1=O. The molecule has 5 rings (SSSR count). The number of rotatable bonds is 6. The summed E-state index contributed by atoms with van der Waals surface area (Å²) in [7, 11) is 1.51. The molecule has 0 amide bonds. The summed E-state index contributed by atoms with van der Waals surface area (Å²) in [5, 5.41) is 9.45. The van der Waals surface area contributed by atoms with E-state index in [4.69, 9.17) is 0 Å². The minimum atomic E-state index is -4.91. The highest BCUT2D eigenvalue weighted by Crippen LogP contribution is 2.52. The molecule has 1 N–H and O–H groups in total. The first-order valence-corrected chi connectivity index (χ1v) is 12.1. The van der Waals surface area contributed by atoms with E-state index < -0.39 is 28.0 Å². The second kappa shape index (κ2) is 7.77. The Morgan fingerprint density at radius 3 is 2.59 bits per heavy atom. The van der Waals surface area contributed by atoms with Crippen LogP contribution in [0.2, 0.25) is 0 Å². The normalized spacial score (nSPS) is 22.7. The van der Waals surface area contributed by atoms with Gasteiger partial charge < -0.3 is 9.67 Å². The van der Waals surface area contributed by atoms with Gasteiger partial charge in [-0.15, -0.1) is 11.3 Å². The van der Waals surface area contributed by atoms with E-state index in [9.17, 15) is 27.9 Å². The number of aliphatic hydroxyl groups is 1. The van der Waals surface area contributed by atoms with E-state index in [2.05, 4.69) is 9.97 Å². The number of fused-ring (bicyclic) bond motifs is 1. The largest absolute Gasteiger partial charge is 0.423 e. The van der Waals surface area contributed by atoms with Gasteiger partial charge in [0.2, 0.25) is 5.60 Å². The molecule has 0 radical (unpaired) electrons. The third-order valence-corrected chi connectivity index (χ3v) is 8.66. The van der Waals surface area contributed by atoms with Crippen molar-refractivity contribution in [3.63, 3.8) is 0 Å². The van der Waals surface area contributed by atoms with Crippen LogP contribution in [0.5, 0.6) is 0 Å². The zero-order valence-electron chi connectivity index (χ0n) is 19.1. The fourth-order valence-corrected chi connectivity index (χ4v) is 5.82. The van der Waals surface area contributed by atoms with Gasteiger partial charge in [-0.25, -0.2) is 14.8 Å². The second-order valence-electron chi connectivity index (χ2n) is 9.74. The molecule has 3 heterocycles. The van der Waals surface area contributed by atoms with Gasteiger partial charge in [-0.05, 0) is 38.0 Å². The lowest BCUT2D eigenvalue weighted by molar-refractivity contribution is -0.258. The van der Waals surface area contributed by atoms with Gasteiger partial charge >= 0.3 is 11.9 Å². The lowest BCUT2D eigenvalue weighted by Gasteiger charge is -2.25. The third kappa shape index (κ3) is 3.62. The van der Waals surface area contributed by atoms with Crippen molar-refractivity contribution >= 4 is 22.5 Å². The summed E-state index contributed by atoms with van der Waals surface area (Å²) >= 11 is 0.696. The summed E-state index contributed by atoms with van der Waals surface area (Å²) in [6.45, 7) is 2.55. The van der Waals surface area contributed by atoms with E-state index in [1.807, 2.05) is 0 Å². The second-order valence-corrected chi connectivity index (χ2v) is 10.9. The molecule has 0 aromatic carbocycles. The zero-order chi connectivity index (χ0) is 24.6. The van der Waals surface area contributed by atoms with Crippen LogP contribution in [0.3, 0.4) is 0 Å². The van der Waals surface area contributed by atoms with E-state index in [0.717, 1.165) is 16.9 Å². The topological polar surface area (TPSA) is 94.9 Å². The zero-order valence-corrected chi connectivity index (χ0v) is 19.9. The van der Waals surface area contributed by atoms with Crippen LogP contribution in [0.1, 0.15) is 48.2 Å². The summed E-state index contributed by atoms with van der Waals surface area (Å²) < 4.78 is 43.8. The molecule has 0 spiro atoms. The molecule has 12 heteroatoms. The van der Waals surface area contributed by atoms with Gasteiger partial charge in [0, 0.05) is 18.5 Å². The number of hydrogen-bond donors (Lipinski definition) is 1. The molecule has 184 valence electrons. The average Bonchev–Trinajstić information content (AvgIpc) is 3.13. The van der Waals surface area contributed by atoms with Gasteiger partial charge in [-0.1, -0.05) is 19.3 Å². The van der Waals surface area contributed by atoms with Crippen molar-refractivity contribution in [2.24, 2.45) is 24.8 Å². The van der Waals surface area contributed by atoms with Crippen LogP contribution in [0.4, 0.5) is 13.2 Å². The predicted octanol–water partition coefficient (Wildman–Crippen LogP) is 2.92. The summed E-state index contributed by atoms with van der Waals surface area (Å²) in [4.78, 5) is 35.0. The predicted molar refractivity (Wildman–Crippen MR) is 120 cm³/mol. The summed E-state index contributed by atoms with van der Waals surface area (Å²) in [6, 6.07) is 0. The van der Waals surface area contributed by atoms with E-state index in [0.29, 0.717) is 47.0 Å². The first-order valence-electron chi connectivity index (χ1n) is 11.3. The smallest absolute Gasteiger partial charge is 0.375 e. The lowest BCUT2D eigenvalue weighted by atomic mass is 9.81. The van der Waals surface area contributed by atoms with Crippen LogP contribution in [0, 0.1) is 24.7 Å². The highest BCUT2D eigenvalue weighted by molar-refractivity contribution is 7.11. The number of hydrogen-bond acceptors (Lipinski definition) is 6. The maximum atomic E-state index is 13.4. The lowest BCUT2D eigenvalue weighted by Crippen LogP contribution is -2.40. The monoisotopic (exact) mass is 497 g/mol. The molecule has 8 nitrogen and oxygen atoms in total. The van der Waals surface area contributed by atoms with Crippen molar-refractivity contribution in [2.75, 3.05) is 0 Å². The van der Waals surface area contributed by atoms with Crippen LogP contribution in [0.15, 0.2) is 15.9 Å². The quantitative estimate of drug-likeness (QED) is 0.565.